The summed E-state index contributed by atoms with van der Waals surface area (Å²) < 4.78 is 5.82. The molecule has 2 saturated heterocycles. The van der Waals surface area contributed by atoms with Crippen molar-refractivity contribution in [2.24, 2.45) is 5.92 Å². The Bertz CT molecular complexity index is 689. The first kappa shape index (κ1) is 13.9. The number of hydrogen-bond donors (Lipinski definition) is 0. The van der Waals surface area contributed by atoms with Crippen molar-refractivity contribution < 1.29 is 4.74 Å². The molecule has 2 aliphatic rings. The molecular weight excluding hydrogens is 276 g/mol. The molecule has 0 unspecified atom stereocenters. The first-order chi connectivity index (χ1) is 10.7. The maximum Gasteiger partial charge on any atom is 0.159 e. The third-order valence-electron chi connectivity index (χ3n) is 4.90. The maximum absolute atomic E-state index is 5.82. The Morgan fingerprint density at radius 1 is 1.05 bits per heavy atom. The van der Waals surface area contributed by atoms with E-state index in [2.05, 4.69) is 51.3 Å². The zero-order valence-corrected chi connectivity index (χ0v) is 13.2. The maximum atomic E-state index is 5.82. The summed E-state index contributed by atoms with van der Waals surface area (Å²) in [5.41, 5.74) is 0.995. The topological polar surface area (TPSA) is 41.5 Å². The number of aryl methyl sites for hydroxylation is 1. The van der Waals surface area contributed by atoms with Gasteiger partial charge in [0.1, 0.15) is 0 Å². The molecule has 0 amide bonds. The van der Waals surface area contributed by atoms with Gasteiger partial charge in [0.15, 0.2) is 5.82 Å². The molecule has 0 spiro atoms. The van der Waals surface area contributed by atoms with Gasteiger partial charge >= 0.3 is 0 Å². The zero-order chi connectivity index (χ0) is 15.1. The lowest BCUT2D eigenvalue weighted by atomic mass is 10.1. The number of benzene rings is 1. The van der Waals surface area contributed by atoms with Crippen molar-refractivity contribution in [1.82, 2.24) is 15.1 Å². The number of likely N-dealkylation sites (N-methyl/N-ethyl adjacent to an activating group) is 1. The summed E-state index contributed by atoms with van der Waals surface area (Å²) in [6.07, 6.45) is 0. The lowest BCUT2D eigenvalue weighted by Gasteiger charge is -2.31. The van der Waals surface area contributed by atoms with Crippen LogP contribution in [0.3, 0.4) is 0 Å². The third-order valence-corrected chi connectivity index (χ3v) is 4.90. The second kappa shape index (κ2) is 5.48. The highest BCUT2D eigenvalue weighted by molar-refractivity contribution is 5.93. The Labute approximate surface area is 130 Å². The second-order valence-corrected chi connectivity index (χ2v) is 6.56. The average molecular weight is 298 g/mol. The summed E-state index contributed by atoms with van der Waals surface area (Å²) in [4.78, 5) is 4.84. The van der Waals surface area contributed by atoms with Crippen LogP contribution in [0.15, 0.2) is 24.3 Å². The lowest BCUT2D eigenvalue weighted by Crippen LogP contribution is -2.42. The van der Waals surface area contributed by atoms with Gasteiger partial charge in [0.05, 0.1) is 24.9 Å². The van der Waals surface area contributed by atoms with Crippen molar-refractivity contribution in [3.63, 3.8) is 0 Å². The van der Waals surface area contributed by atoms with Crippen molar-refractivity contribution in [2.75, 3.05) is 44.8 Å². The van der Waals surface area contributed by atoms with Gasteiger partial charge in [0, 0.05) is 36.3 Å². The van der Waals surface area contributed by atoms with E-state index < -0.39 is 0 Å². The highest BCUT2D eigenvalue weighted by atomic mass is 16.5. The molecule has 0 saturated carbocycles. The molecule has 2 atom stereocenters. The van der Waals surface area contributed by atoms with Gasteiger partial charge in [0.2, 0.25) is 0 Å². The Kier molecular flexibility index (Phi) is 3.47. The second-order valence-electron chi connectivity index (χ2n) is 6.56. The van der Waals surface area contributed by atoms with Gasteiger partial charge in [-0.05, 0) is 14.0 Å². The number of nitrogens with zero attached hydrogens (tertiary/aromatic N) is 4. The summed E-state index contributed by atoms with van der Waals surface area (Å²) in [6, 6.07) is 8.87. The first-order valence-electron chi connectivity index (χ1n) is 7.97. The van der Waals surface area contributed by atoms with Crippen LogP contribution in [0.1, 0.15) is 5.69 Å². The predicted molar refractivity (Wildman–Crippen MR) is 87.2 cm³/mol. The largest absolute Gasteiger partial charge is 0.379 e. The molecule has 2 aliphatic heterocycles. The van der Waals surface area contributed by atoms with E-state index >= 15 is 0 Å². The molecule has 2 aromatic rings. The third kappa shape index (κ3) is 2.34. The van der Waals surface area contributed by atoms with Crippen molar-refractivity contribution in [1.29, 1.82) is 0 Å². The molecule has 0 radical (unpaired) electrons. The van der Waals surface area contributed by atoms with Crippen LogP contribution >= 0.6 is 0 Å². The zero-order valence-electron chi connectivity index (χ0n) is 13.2. The smallest absolute Gasteiger partial charge is 0.159 e. The first-order valence-corrected chi connectivity index (χ1v) is 7.97. The van der Waals surface area contributed by atoms with Gasteiger partial charge in [-0.25, -0.2) is 0 Å². The van der Waals surface area contributed by atoms with Gasteiger partial charge in [-0.15, -0.1) is 5.10 Å². The number of hydrogen-bond acceptors (Lipinski definition) is 5. The van der Waals surface area contributed by atoms with E-state index in [1.165, 1.54) is 10.8 Å². The van der Waals surface area contributed by atoms with Crippen LogP contribution in [0.25, 0.3) is 10.8 Å². The molecule has 1 aromatic carbocycles. The Morgan fingerprint density at radius 2 is 1.86 bits per heavy atom. The fourth-order valence-corrected chi connectivity index (χ4v) is 3.68. The molecular formula is C17H22N4O. The highest BCUT2D eigenvalue weighted by Gasteiger charge is 2.32. The molecule has 3 heterocycles. The fourth-order valence-electron chi connectivity index (χ4n) is 3.68. The van der Waals surface area contributed by atoms with Gasteiger partial charge in [-0.1, -0.05) is 24.3 Å². The molecule has 2 bridgehead atoms. The molecule has 5 heteroatoms. The predicted octanol–water partition coefficient (Wildman–Crippen LogP) is 1.71. The van der Waals surface area contributed by atoms with E-state index in [-0.39, 0.29) is 0 Å². The van der Waals surface area contributed by atoms with E-state index in [1.54, 1.807) is 0 Å². The quantitative estimate of drug-likeness (QED) is 0.801. The molecule has 0 N–H and O–H groups in total. The van der Waals surface area contributed by atoms with E-state index in [1.807, 2.05) is 6.92 Å². The summed E-state index contributed by atoms with van der Waals surface area (Å²) in [7, 11) is 2.20. The number of rotatable bonds is 1. The van der Waals surface area contributed by atoms with Crippen molar-refractivity contribution in [2.45, 2.75) is 13.0 Å². The summed E-state index contributed by atoms with van der Waals surface area (Å²) in [5, 5.41) is 11.3. The molecule has 2 fully saturated rings. The number of fused-ring (bicyclic) bond motifs is 4. The minimum Gasteiger partial charge on any atom is -0.379 e. The van der Waals surface area contributed by atoms with E-state index in [0.29, 0.717) is 12.0 Å². The standard InChI is InChI=1S/C17H22N4O/c1-12-15-5-3-4-6-16(15)17(19-18-12)21-8-13-7-20(2)14(9-21)11-22-10-13/h3-6,13-14H,7-11H2,1-2H3/t13-,14+/m1/s1. The number of anilines is 1. The van der Waals surface area contributed by atoms with Crippen LogP contribution < -0.4 is 4.90 Å². The normalized spacial score (nSPS) is 26.2. The minimum atomic E-state index is 0.425. The average Bonchev–Trinajstić information content (AvgIpc) is 2.76. The fraction of sp³-hybridized carbons (Fsp3) is 0.529. The molecule has 22 heavy (non-hydrogen) atoms. The lowest BCUT2D eigenvalue weighted by molar-refractivity contribution is 0.0930. The Balaban J connectivity index is 1.77. The molecule has 116 valence electrons. The van der Waals surface area contributed by atoms with Crippen LogP contribution in [0.4, 0.5) is 5.82 Å². The van der Waals surface area contributed by atoms with Crippen molar-refractivity contribution in [3.8, 4) is 0 Å². The van der Waals surface area contributed by atoms with Crippen molar-refractivity contribution in [3.05, 3.63) is 30.0 Å². The Hall–Kier alpha value is -1.72. The number of ether oxygens (including phenoxy) is 1. The number of aromatic nitrogens is 2. The summed E-state index contributed by atoms with van der Waals surface area (Å²) in [5.74, 6) is 1.55. The molecule has 5 nitrogen and oxygen atoms in total. The Morgan fingerprint density at radius 3 is 2.73 bits per heavy atom. The van der Waals surface area contributed by atoms with E-state index in [4.69, 9.17) is 4.74 Å². The summed E-state index contributed by atoms with van der Waals surface area (Å²) in [6.45, 7) is 6.71. The summed E-state index contributed by atoms with van der Waals surface area (Å²) >= 11 is 0. The van der Waals surface area contributed by atoms with E-state index in [9.17, 15) is 0 Å². The van der Waals surface area contributed by atoms with Gasteiger partial charge in [-0.3, -0.25) is 4.90 Å². The van der Waals surface area contributed by atoms with Crippen LogP contribution in [-0.2, 0) is 4.74 Å². The van der Waals surface area contributed by atoms with Crippen LogP contribution in [0, 0.1) is 12.8 Å². The molecule has 0 aliphatic carbocycles. The van der Waals surface area contributed by atoms with Gasteiger partial charge < -0.3 is 9.64 Å². The van der Waals surface area contributed by atoms with E-state index in [0.717, 1.165) is 44.4 Å². The monoisotopic (exact) mass is 298 g/mol. The van der Waals surface area contributed by atoms with Gasteiger partial charge in [0.25, 0.3) is 0 Å². The van der Waals surface area contributed by atoms with Gasteiger partial charge in [-0.2, -0.15) is 5.10 Å². The SMILES string of the molecule is Cc1nnc(N2C[C@@H]3COC[C@H](C2)N(C)C3)c2ccccc12. The highest BCUT2D eigenvalue weighted by Crippen LogP contribution is 2.29. The van der Waals surface area contributed by atoms with Crippen molar-refractivity contribution >= 4 is 16.6 Å². The van der Waals surface area contributed by atoms with Crippen LogP contribution in [-0.4, -0.2) is 61.0 Å². The minimum absolute atomic E-state index is 0.425. The molecule has 4 rings (SSSR count). The van der Waals surface area contributed by atoms with Crippen LogP contribution in [0.5, 0.6) is 0 Å². The van der Waals surface area contributed by atoms with Crippen LogP contribution in [0.2, 0.25) is 0 Å². The molecule has 1 aromatic heterocycles.